The molecule has 1 unspecified atom stereocenters. The number of aliphatic hydroxyl groups excluding tert-OH is 1. The van der Waals surface area contributed by atoms with Crippen LogP contribution in [-0.2, 0) is 6.54 Å². The molecular weight excluding hydrogens is 335 g/mol. The number of carbonyl (C=O) groups is 1. The molecule has 1 N–H and O–H groups in total. The van der Waals surface area contributed by atoms with Gasteiger partial charge in [0, 0.05) is 25.1 Å². The van der Waals surface area contributed by atoms with Crippen LogP contribution in [0, 0.1) is 12.9 Å². The maximum absolute atomic E-state index is 14.8. The van der Waals surface area contributed by atoms with Crippen molar-refractivity contribution in [3.63, 3.8) is 0 Å². The Hall–Kier alpha value is -2.80. The minimum absolute atomic E-state index is 0.207. The second-order valence-electron chi connectivity index (χ2n) is 6.22. The van der Waals surface area contributed by atoms with Crippen LogP contribution in [0.3, 0.4) is 0 Å². The zero-order valence-corrected chi connectivity index (χ0v) is 14.8. The average Bonchev–Trinajstić information content (AvgIpc) is 2.98. The highest BCUT2D eigenvalue weighted by atomic mass is 19.1. The summed E-state index contributed by atoms with van der Waals surface area (Å²) in [5, 5.41) is 9.69. The van der Waals surface area contributed by atoms with Crippen LogP contribution in [0.15, 0.2) is 42.9 Å². The van der Waals surface area contributed by atoms with E-state index < -0.39 is 17.9 Å². The molecule has 6 nitrogen and oxygen atoms in total. The first-order valence-electron chi connectivity index (χ1n) is 8.50. The Kier molecular flexibility index (Phi) is 5.27. The van der Waals surface area contributed by atoms with Crippen molar-refractivity contribution in [2.75, 3.05) is 6.61 Å². The average molecular weight is 356 g/mol. The van der Waals surface area contributed by atoms with Gasteiger partial charge in [0.25, 0.3) is 5.91 Å². The molecule has 0 saturated heterocycles. The largest absolute Gasteiger partial charge is 0.394 e. The maximum Gasteiger partial charge on any atom is 0.277 e. The molecule has 0 saturated carbocycles. The Morgan fingerprint density at radius 2 is 2.08 bits per heavy atom. The second kappa shape index (κ2) is 7.61. The van der Waals surface area contributed by atoms with Gasteiger partial charge in [0.1, 0.15) is 5.65 Å². The summed E-state index contributed by atoms with van der Waals surface area (Å²) in [7, 11) is 0. The number of rotatable bonds is 6. The van der Waals surface area contributed by atoms with Crippen molar-refractivity contribution >= 4 is 11.6 Å². The molecular formula is C19H21FN4O2. The maximum atomic E-state index is 14.8. The van der Waals surface area contributed by atoms with E-state index in [1.807, 2.05) is 13.8 Å². The number of amides is 1. The smallest absolute Gasteiger partial charge is 0.277 e. The second-order valence-corrected chi connectivity index (χ2v) is 6.22. The number of imidazole rings is 1. The zero-order chi connectivity index (χ0) is 18.7. The fourth-order valence-electron chi connectivity index (χ4n) is 2.89. The summed E-state index contributed by atoms with van der Waals surface area (Å²) in [6.07, 6.45) is 5.36. The number of aryl methyl sites for hydroxylation is 1. The van der Waals surface area contributed by atoms with Gasteiger partial charge in [-0.3, -0.25) is 14.2 Å². The molecule has 0 aromatic carbocycles. The van der Waals surface area contributed by atoms with Gasteiger partial charge in [-0.15, -0.1) is 0 Å². The van der Waals surface area contributed by atoms with Crippen molar-refractivity contribution < 1.29 is 14.3 Å². The number of carbonyl (C=O) groups excluding carboxylic acids is 1. The van der Waals surface area contributed by atoms with Gasteiger partial charge in [0.2, 0.25) is 5.95 Å². The molecule has 7 heteroatoms. The van der Waals surface area contributed by atoms with Gasteiger partial charge in [0.05, 0.1) is 12.6 Å². The lowest BCUT2D eigenvalue weighted by Crippen LogP contribution is -2.42. The first-order chi connectivity index (χ1) is 12.5. The van der Waals surface area contributed by atoms with Gasteiger partial charge < -0.3 is 10.0 Å². The zero-order valence-electron chi connectivity index (χ0n) is 14.8. The normalized spacial score (nSPS) is 12.3. The lowest BCUT2D eigenvalue weighted by atomic mass is 10.1. The fourth-order valence-corrected chi connectivity index (χ4v) is 2.89. The summed E-state index contributed by atoms with van der Waals surface area (Å²) in [4.78, 5) is 22.7. The van der Waals surface area contributed by atoms with Gasteiger partial charge in [0.15, 0.2) is 5.69 Å². The Balaban J connectivity index is 2.00. The highest BCUT2D eigenvalue weighted by Crippen LogP contribution is 2.19. The van der Waals surface area contributed by atoms with Gasteiger partial charge in [-0.05, 0) is 48.7 Å². The fraction of sp³-hybridized carbons (Fsp3) is 0.316. The predicted molar refractivity (Wildman–Crippen MR) is 95.2 cm³/mol. The van der Waals surface area contributed by atoms with Crippen molar-refractivity contribution in [1.82, 2.24) is 19.3 Å². The molecule has 0 aliphatic heterocycles. The Morgan fingerprint density at radius 3 is 2.73 bits per heavy atom. The van der Waals surface area contributed by atoms with E-state index in [2.05, 4.69) is 9.97 Å². The minimum atomic E-state index is -0.697. The monoisotopic (exact) mass is 356 g/mol. The van der Waals surface area contributed by atoms with Crippen LogP contribution in [0.25, 0.3) is 5.65 Å². The van der Waals surface area contributed by atoms with E-state index in [9.17, 15) is 14.3 Å². The molecule has 1 atom stereocenters. The molecule has 0 aliphatic rings. The van der Waals surface area contributed by atoms with E-state index in [-0.39, 0.29) is 18.8 Å². The molecule has 0 bridgehead atoms. The molecule has 3 rings (SSSR count). The topological polar surface area (TPSA) is 70.7 Å². The highest BCUT2D eigenvalue weighted by molar-refractivity contribution is 5.93. The van der Waals surface area contributed by atoms with E-state index in [1.54, 1.807) is 42.9 Å². The highest BCUT2D eigenvalue weighted by Gasteiger charge is 2.28. The summed E-state index contributed by atoms with van der Waals surface area (Å²) < 4.78 is 16.0. The lowest BCUT2D eigenvalue weighted by Gasteiger charge is -2.29. The standard InChI is InChI=1S/C19H21FN4O2/c1-3-15(12-25)24(11-14-4-7-21-8-5-14)19(26)17-18(20)23-9-6-13(2)10-16(23)22-17/h4-10,15,25H,3,11-12H2,1-2H3. The van der Waals surface area contributed by atoms with Gasteiger partial charge in [-0.2, -0.15) is 4.39 Å². The third-order valence-corrected chi connectivity index (χ3v) is 4.41. The molecule has 0 spiro atoms. The van der Waals surface area contributed by atoms with Crippen molar-refractivity contribution in [3.8, 4) is 0 Å². The first-order valence-corrected chi connectivity index (χ1v) is 8.50. The van der Waals surface area contributed by atoms with E-state index in [0.29, 0.717) is 12.1 Å². The van der Waals surface area contributed by atoms with Crippen molar-refractivity contribution in [2.24, 2.45) is 0 Å². The van der Waals surface area contributed by atoms with Crippen LogP contribution >= 0.6 is 0 Å². The minimum Gasteiger partial charge on any atom is -0.394 e. The quantitative estimate of drug-likeness (QED) is 0.737. The Morgan fingerprint density at radius 1 is 1.35 bits per heavy atom. The van der Waals surface area contributed by atoms with Gasteiger partial charge in [-0.1, -0.05) is 6.92 Å². The third-order valence-electron chi connectivity index (χ3n) is 4.41. The van der Waals surface area contributed by atoms with E-state index in [4.69, 9.17) is 0 Å². The van der Waals surface area contributed by atoms with Crippen LogP contribution in [0.5, 0.6) is 0 Å². The molecule has 1 amide bonds. The SMILES string of the molecule is CCC(CO)N(Cc1ccncc1)C(=O)c1nc2cc(C)ccn2c1F. The molecule has 3 aromatic heterocycles. The van der Waals surface area contributed by atoms with Crippen molar-refractivity contribution in [2.45, 2.75) is 32.9 Å². The molecule has 3 aromatic rings. The van der Waals surface area contributed by atoms with Crippen molar-refractivity contribution in [3.05, 3.63) is 65.6 Å². The van der Waals surface area contributed by atoms with E-state index in [1.165, 1.54) is 9.30 Å². The summed E-state index contributed by atoms with van der Waals surface area (Å²) in [5.74, 6) is -1.24. The molecule has 0 radical (unpaired) electrons. The predicted octanol–water partition coefficient (Wildman–Crippen LogP) is 2.59. The number of pyridine rings is 2. The summed E-state index contributed by atoms with van der Waals surface area (Å²) in [6.45, 7) is 3.79. The molecule has 0 aliphatic carbocycles. The molecule has 136 valence electrons. The van der Waals surface area contributed by atoms with E-state index >= 15 is 0 Å². The molecule has 0 fully saturated rings. The van der Waals surface area contributed by atoms with Crippen LogP contribution in [-0.4, -0.2) is 42.9 Å². The summed E-state index contributed by atoms with van der Waals surface area (Å²) >= 11 is 0. The van der Waals surface area contributed by atoms with Crippen LogP contribution in [0.1, 0.15) is 35.0 Å². The number of nitrogens with zero attached hydrogens (tertiary/aromatic N) is 4. The van der Waals surface area contributed by atoms with Gasteiger partial charge in [-0.25, -0.2) is 4.98 Å². The Labute approximate surface area is 150 Å². The van der Waals surface area contributed by atoms with Gasteiger partial charge >= 0.3 is 0 Å². The number of aromatic nitrogens is 3. The molecule has 3 heterocycles. The lowest BCUT2D eigenvalue weighted by molar-refractivity contribution is 0.0553. The number of aliphatic hydroxyl groups is 1. The van der Waals surface area contributed by atoms with Crippen LogP contribution in [0.4, 0.5) is 4.39 Å². The number of hydrogen-bond acceptors (Lipinski definition) is 4. The first kappa shape index (κ1) is 18.0. The Bertz CT molecular complexity index is 907. The van der Waals surface area contributed by atoms with E-state index in [0.717, 1.165) is 11.1 Å². The molecule has 26 heavy (non-hydrogen) atoms. The van der Waals surface area contributed by atoms with Crippen molar-refractivity contribution in [1.29, 1.82) is 0 Å². The summed E-state index contributed by atoms with van der Waals surface area (Å²) in [5.41, 5.74) is 1.92. The number of halogens is 1. The van der Waals surface area contributed by atoms with Crippen LogP contribution in [0.2, 0.25) is 0 Å². The number of hydrogen-bond donors (Lipinski definition) is 1. The van der Waals surface area contributed by atoms with Crippen LogP contribution < -0.4 is 0 Å². The number of fused-ring (bicyclic) bond motifs is 1. The summed E-state index contributed by atoms with van der Waals surface area (Å²) in [6, 6.07) is 6.61. The third kappa shape index (κ3) is 3.43.